The molecule has 27 heavy (non-hydrogen) atoms. The van der Waals surface area contributed by atoms with Crippen LogP contribution in [0.4, 0.5) is 0 Å². The first-order chi connectivity index (χ1) is 12.7. The second-order valence-corrected chi connectivity index (χ2v) is 8.25. The maximum atomic E-state index is 12.3. The monoisotopic (exact) mass is 371 g/mol. The average Bonchev–Trinajstić information content (AvgIpc) is 2.60. The number of aromatic amines is 1. The van der Waals surface area contributed by atoms with Crippen LogP contribution in [0.5, 0.6) is 0 Å². The smallest absolute Gasteiger partial charge is 0.258 e. The summed E-state index contributed by atoms with van der Waals surface area (Å²) in [7, 11) is 0. The molecule has 2 heterocycles. The van der Waals surface area contributed by atoms with Crippen LogP contribution in [-0.4, -0.2) is 63.9 Å². The fourth-order valence-electron chi connectivity index (χ4n) is 3.44. The summed E-state index contributed by atoms with van der Waals surface area (Å²) in [4.78, 5) is 36.5. The van der Waals surface area contributed by atoms with Crippen molar-refractivity contribution in [3.63, 3.8) is 0 Å². The fraction of sp³-hybridized carbons (Fsp3) is 0.550. The Bertz CT molecular complexity index is 863. The summed E-state index contributed by atoms with van der Waals surface area (Å²) in [5.41, 5.74) is 0.418. The normalized spacial score (nSPS) is 17.8. The van der Waals surface area contributed by atoms with Crippen LogP contribution in [0.1, 0.15) is 39.6 Å². The molecule has 0 bridgehead atoms. The molecular weight excluding hydrogens is 342 g/mol. The topological polar surface area (TPSA) is 81.3 Å². The van der Waals surface area contributed by atoms with Crippen LogP contribution < -0.4 is 10.9 Å². The maximum absolute atomic E-state index is 12.3. The van der Waals surface area contributed by atoms with Gasteiger partial charge in [0.25, 0.3) is 5.56 Å². The molecule has 2 N–H and O–H groups in total. The molecule has 7 nitrogen and oxygen atoms in total. The van der Waals surface area contributed by atoms with E-state index in [1.54, 1.807) is 6.07 Å². The molecule has 1 amide bonds. The van der Waals surface area contributed by atoms with Crippen molar-refractivity contribution in [2.24, 2.45) is 0 Å². The Morgan fingerprint density at radius 2 is 1.89 bits per heavy atom. The Balaban J connectivity index is 1.61. The van der Waals surface area contributed by atoms with Gasteiger partial charge in [0, 0.05) is 31.7 Å². The van der Waals surface area contributed by atoms with Crippen molar-refractivity contribution in [2.45, 2.75) is 39.3 Å². The van der Waals surface area contributed by atoms with Crippen molar-refractivity contribution >= 4 is 16.8 Å². The Kier molecular flexibility index (Phi) is 5.62. The zero-order valence-electron chi connectivity index (χ0n) is 16.6. The van der Waals surface area contributed by atoms with E-state index in [1.165, 1.54) is 0 Å². The first-order valence-electron chi connectivity index (χ1n) is 9.49. The van der Waals surface area contributed by atoms with E-state index < -0.39 is 0 Å². The molecule has 2 aromatic rings. The maximum Gasteiger partial charge on any atom is 0.258 e. The minimum atomic E-state index is -0.207. The highest BCUT2D eigenvalue weighted by Crippen LogP contribution is 2.19. The number of H-pyrrole nitrogens is 1. The van der Waals surface area contributed by atoms with Crippen LogP contribution in [0, 0.1) is 0 Å². The highest BCUT2D eigenvalue weighted by molar-refractivity contribution is 5.78. The Hall–Kier alpha value is -2.25. The molecule has 3 rings (SSSR count). The molecule has 1 aromatic carbocycles. The molecule has 1 atom stereocenters. The summed E-state index contributed by atoms with van der Waals surface area (Å²) in [5, 5.41) is 3.62. The second-order valence-electron chi connectivity index (χ2n) is 8.25. The van der Waals surface area contributed by atoms with Gasteiger partial charge in [0.1, 0.15) is 5.82 Å². The lowest BCUT2D eigenvalue weighted by molar-refractivity contribution is -0.124. The first-order valence-corrected chi connectivity index (χ1v) is 9.49. The summed E-state index contributed by atoms with van der Waals surface area (Å²) in [5.74, 6) is 0.752. The Morgan fingerprint density at radius 3 is 2.56 bits per heavy atom. The fourth-order valence-corrected chi connectivity index (χ4v) is 3.44. The van der Waals surface area contributed by atoms with Gasteiger partial charge < -0.3 is 10.3 Å². The number of carbonyl (C=O) groups is 1. The lowest BCUT2D eigenvalue weighted by Gasteiger charge is -2.37. The molecule has 146 valence electrons. The zero-order chi connectivity index (χ0) is 19.6. The third-order valence-corrected chi connectivity index (χ3v) is 4.86. The predicted octanol–water partition coefficient (Wildman–Crippen LogP) is 1.52. The molecule has 1 aliphatic heterocycles. The number of benzene rings is 1. The van der Waals surface area contributed by atoms with Gasteiger partial charge in [-0.1, -0.05) is 12.1 Å². The van der Waals surface area contributed by atoms with Crippen LogP contribution in [-0.2, 0) is 4.79 Å². The molecule has 1 saturated heterocycles. The molecule has 1 unspecified atom stereocenters. The van der Waals surface area contributed by atoms with Gasteiger partial charge in [-0.15, -0.1) is 0 Å². The number of nitrogens with one attached hydrogen (secondary N) is 2. The molecule has 1 fully saturated rings. The lowest BCUT2D eigenvalue weighted by Crippen LogP contribution is -2.52. The van der Waals surface area contributed by atoms with E-state index in [0.29, 0.717) is 17.8 Å². The van der Waals surface area contributed by atoms with Crippen molar-refractivity contribution in [1.29, 1.82) is 0 Å². The van der Waals surface area contributed by atoms with E-state index in [-0.39, 0.29) is 23.0 Å². The lowest BCUT2D eigenvalue weighted by atomic mass is 10.1. The van der Waals surface area contributed by atoms with E-state index in [4.69, 9.17) is 0 Å². The summed E-state index contributed by atoms with van der Waals surface area (Å²) in [6.07, 6.45) is 0. The number of hydrogen-bond donors (Lipinski definition) is 2. The van der Waals surface area contributed by atoms with Gasteiger partial charge in [-0.05, 0) is 39.8 Å². The molecular formula is C20H29N5O2. The van der Waals surface area contributed by atoms with Gasteiger partial charge in [-0.2, -0.15) is 0 Å². The molecule has 1 aromatic heterocycles. The van der Waals surface area contributed by atoms with E-state index in [2.05, 4.69) is 32.0 Å². The molecule has 0 radical (unpaired) electrons. The van der Waals surface area contributed by atoms with Crippen LogP contribution in [0.3, 0.4) is 0 Å². The molecule has 0 spiro atoms. The quantitative estimate of drug-likeness (QED) is 0.852. The largest absolute Gasteiger partial charge is 0.350 e. The second kappa shape index (κ2) is 7.78. The van der Waals surface area contributed by atoms with E-state index in [9.17, 15) is 9.59 Å². The van der Waals surface area contributed by atoms with Crippen LogP contribution in [0.2, 0.25) is 0 Å². The van der Waals surface area contributed by atoms with Crippen LogP contribution in [0.15, 0.2) is 29.1 Å². The van der Waals surface area contributed by atoms with Crippen LogP contribution >= 0.6 is 0 Å². The molecule has 1 aliphatic rings. The number of nitrogens with zero attached hydrogens (tertiary/aromatic N) is 3. The minimum absolute atomic E-state index is 0.0212. The van der Waals surface area contributed by atoms with Crippen molar-refractivity contribution in [3.05, 3.63) is 40.4 Å². The highest BCUT2D eigenvalue weighted by atomic mass is 16.2. The van der Waals surface area contributed by atoms with Crippen molar-refractivity contribution in [3.8, 4) is 0 Å². The number of amides is 1. The van der Waals surface area contributed by atoms with Crippen LogP contribution in [0.25, 0.3) is 10.9 Å². The van der Waals surface area contributed by atoms with E-state index >= 15 is 0 Å². The predicted molar refractivity (Wildman–Crippen MR) is 107 cm³/mol. The van der Waals surface area contributed by atoms with Gasteiger partial charge >= 0.3 is 0 Å². The first kappa shape index (κ1) is 19.5. The third-order valence-electron chi connectivity index (χ3n) is 4.86. The van der Waals surface area contributed by atoms with Crippen molar-refractivity contribution in [2.75, 3.05) is 32.7 Å². The molecule has 0 aliphatic carbocycles. The number of hydrogen-bond acceptors (Lipinski definition) is 5. The number of carbonyl (C=O) groups excluding carboxylic acids is 1. The minimum Gasteiger partial charge on any atom is -0.350 e. The highest BCUT2D eigenvalue weighted by Gasteiger charge is 2.25. The van der Waals surface area contributed by atoms with Gasteiger partial charge in [0.15, 0.2) is 0 Å². The van der Waals surface area contributed by atoms with Gasteiger partial charge in [0.05, 0.1) is 23.5 Å². The summed E-state index contributed by atoms with van der Waals surface area (Å²) in [6.45, 7) is 11.8. The molecule has 7 heteroatoms. The van der Waals surface area contributed by atoms with Crippen molar-refractivity contribution in [1.82, 2.24) is 25.1 Å². The molecule has 0 saturated carbocycles. The SMILES string of the molecule is CC(c1nc2ccccc2c(=O)[nH]1)N1CCN(CC(=O)NC(C)(C)C)CC1. The Labute approximate surface area is 159 Å². The number of fused-ring (bicyclic) bond motifs is 1. The van der Waals surface area contributed by atoms with E-state index in [0.717, 1.165) is 31.7 Å². The van der Waals surface area contributed by atoms with Crippen molar-refractivity contribution < 1.29 is 4.79 Å². The summed E-state index contributed by atoms with van der Waals surface area (Å²) >= 11 is 0. The van der Waals surface area contributed by atoms with Gasteiger partial charge in [0.2, 0.25) is 5.91 Å². The van der Waals surface area contributed by atoms with Gasteiger partial charge in [-0.3, -0.25) is 19.4 Å². The summed E-state index contributed by atoms with van der Waals surface area (Å²) < 4.78 is 0. The summed E-state index contributed by atoms with van der Waals surface area (Å²) in [6, 6.07) is 7.42. The number of piperazine rings is 1. The van der Waals surface area contributed by atoms with Gasteiger partial charge in [-0.25, -0.2) is 4.98 Å². The Morgan fingerprint density at radius 1 is 1.22 bits per heavy atom. The number of rotatable bonds is 4. The average molecular weight is 371 g/mol. The number of para-hydroxylation sites is 1. The van der Waals surface area contributed by atoms with E-state index in [1.807, 2.05) is 39.0 Å². The zero-order valence-corrected chi connectivity index (χ0v) is 16.6. The third kappa shape index (κ3) is 4.93. The number of aromatic nitrogens is 2. The standard InChI is InChI=1S/C20H29N5O2/c1-14(18-21-16-8-6-5-7-15(16)19(27)22-18)25-11-9-24(10-12-25)13-17(26)23-20(2,3)4/h5-8,14H,9-13H2,1-4H3,(H,23,26)(H,21,22,27).